The molecule has 0 amide bonds. The molecule has 2 heterocycles. The lowest BCUT2D eigenvalue weighted by atomic mass is 9.75. The largest absolute Gasteiger partial charge is 0.348 e. The fourth-order valence-electron chi connectivity index (χ4n) is 3.84. The predicted octanol–water partition coefficient (Wildman–Crippen LogP) is 3.75. The second-order valence-electron chi connectivity index (χ2n) is 6.50. The van der Waals surface area contributed by atoms with Crippen LogP contribution in [0.3, 0.4) is 0 Å². The fraction of sp³-hybridized carbons (Fsp3) is 0.812. The lowest BCUT2D eigenvalue weighted by molar-refractivity contribution is 0.202. The fourth-order valence-corrected chi connectivity index (χ4v) is 5.00. The van der Waals surface area contributed by atoms with Crippen molar-refractivity contribution in [3.05, 3.63) is 10.6 Å². The zero-order valence-corrected chi connectivity index (χ0v) is 13.8. The minimum absolute atomic E-state index is 0.411. The van der Waals surface area contributed by atoms with Gasteiger partial charge in [-0.3, -0.25) is 0 Å². The van der Waals surface area contributed by atoms with Crippen LogP contribution in [0.2, 0.25) is 0 Å². The number of aromatic nitrogens is 1. The van der Waals surface area contributed by atoms with E-state index in [1.165, 1.54) is 60.9 Å². The molecule has 3 nitrogen and oxygen atoms in total. The Hall–Kier alpha value is -0.610. The summed E-state index contributed by atoms with van der Waals surface area (Å²) in [6.07, 6.45) is 7.18. The van der Waals surface area contributed by atoms with Gasteiger partial charge >= 0.3 is 0 Å². The first-order valence-corrected chi connectivity index (χ1v) is 8.90. The van der Waals surface area contributed by atoms with Crippen molar-refractivity contribution < 1.29 is 0 Å². The molecular formula is C16H27N3S. The average Bonchev–Trinajstić information content (AvgIpc) is 2.88. The van der Waals surface area contributed by atoms with E-state index in [2.05, 4.69) is 24.1 Å². The van der Waals surface area contributed by atoms with Gasteiger partial charge in [0.2, 0.25) is 0 Å². The van der Waals surface area contributed by atoms with Crippen LogP contribution < -0.4 is 10.2 Å². The van der Waals surface area contributed by atoms with Crippen molar-refractivity contribution in [2.75, 3.05) is 25.0 Å². The number of anilines is 1. The monoisotopic (exact) mass is 293 g/mol. The van der Waals surface area contributed by atoms with E-state index in [0.29, 0.717) is 6.04 Å². The quantitative estimate of drug-likeness (QED) is 0.920. The second-order valence-corrected chi connectivity index (χ2v) is 7.50. The predicted molar refractivity (Wildman–Crippen MR) is 86.6 cm³/mol. The Morgan fingerprint density at radius 3 is 2.75 bits per heavy atom. The molecule has 2 fully saturated rings. The second kappa shape index (κ2) is 6.02. The van der Waals surface area contributed by atoms with Crippen molar-refractivity contribution >= 4 is 16.5 Å². The number of nitrogens with one attached hydrogen (secondary N) is 1. The number of hydrogen-bond acceptors (Lipinski definition) is 4. The first kappa shape index (κ1) is 14.3. The summed E-state index contributed by atoms with van der Waals surface area (Å²) in [6.45, 7) is 6.82. The lowest BCUT2D eigenvalue weighted by Gasteiger charge is -2.41. The lowest BCUT2D eigenvalue weighted by Crippen LogP contribution is -2.41. The summed E-state index contributed by atoms with van der Waals surface area (Å²) in [5, 5.41) is 4.59. The Morgan fingerprint density at radius 2 is 2.00 bits per heavy atom. The van der Waals surface area contributed by atoms with Crippen LogP contribution in [0.4, 0.5) is 5.13 Å². The summed E-state index contributed by atoms with van der Waals surface area (Å²) in [4.78, 5) is 8.79. The molecule has 2 aliphatic rings. The van der Waals surface area contributed by atoms with Crippen molar-refractivity contribution in [3.8, 4) is 0 Å². The highest BCUT2D eigenvalue weighted by Crippen LogP contribution is 2.39. The number of piperidine rings is 1. The Kier molecular flexibility index (Phi) is 4.32. The first-order chi connectivity index (χ1) is 9.69. The smallest absolute Gasteiger partial charge is 0.185 e. The summed E-state index contributed by atoms with van der Waals surface area (Å²) in [7, 11) is 2.02. The molecule has 4 heteroatoms. The van der Waals surface area contributed by atoms with Gasteiger partial charge in [-0.15, -0.1) is 11.3 Å². The standard InChI is InChI=1S/C16H27N3S/c1-11(17-3)15-12(2)18-16(20-15)19-9-8-13-6-4-5-7-14(13)10-19/h11,13-14,17H,4-10H2,1-3H3. The average molecular weight is 293 g/mol. The molecule has 1 N–H and O–H groups in total. The van der Waals surface area contributed by atoms with E-state index in [9.17, 15) is 0 Å². The van der Waals surface area contributed by atoms with Gasteiger partial charge in [0.05, 0.1) is 5.69 Å². The summed E-state index contributed by atoms with van der Waals surface area (Å²) >= 11 is 1.89. The van der Waals surface area contributed by atoms with Gasteiger partial charge in [-0.25, -0.2) is 4.98 Å². The van der Waals surface area contributed by atoms with E-state index in [-0.39, 0.29) is 0 Å². The number of hydrogen-bond donors (Lipinski definition) is 1. The van der Waals surface area contributed by atoms with Crippen LogP contribution in [0.1, 0.15) is 55.6 Å². The summed E-state index contributed by atoms with van der Waals surface area (Å²) in [5.41, 5.74) is 1.21. The minimum Gasteiger partial charge on any atom is -0.348 e. The molecule has 1 saturated heterocycles. The molecule has 1 saturated carbocycles. The maximum absolute atomic E-state index is 4.85. The van der Waals surface area contributed by atoms with Crippen molar-refractivity contribution in [1.82, 2.24) is 10.3 Å². The Bertz CT molecular complexity index is 457. The molecule has 3 atom stereocenters. The Labute approximate surface area is 126 Å². The van der Waals surface area contributed by atoms with E-state index in [0.717, 1.165) is 11.8 Å². The minimum atomic E-state index is 0.411. The SMILES string of the molecule is CNC(C)c1sc(N2CCC3CCCCC3C2)nc1C. The van der Waals surface area contributed by atoms with Crippen molar-refractivity contribution in [1.29, 1.82) is 0 Å². The molecule has 3 rings (SSSR count). The topological polar surface area (TPSA) is 28.2 Å². The summed E-state index contributed by atoms with van der Waals surface area (Å²) in [5.74, 6) is 1.92. The van der Waals surface area contributed by atoms with E-state index in [1.807, 2.05) is 18.4 Å². The molecule has 3 unspecified atom stereocenters. The molecule has 0 bridgehead atoms. The number of thiazole rings is 1. The van der Waals surface area contributed by atoms with Crippen LogP contribution in [0.15, 0.2) is 0 Å². The number of aryl methyl sites for hydroxylation is 1. The van der Waals surface area contributed by atoms with Gasteiger partial charge in [-0.1, -0.05) is 19.3 Å². The Balaban J connectivity index is 1.73. The molecule has 1 aliphatic carbocycles. The van der Waals surface area contributed by atoms with Gasteiger partial charge in [0.15, 0.2) is 5.13 Å². The highest BCUT2D eigenvalue weighted by molar-refractivity contribution is 7.15. The van der Waals surface area contributed by atoms with Gasteiger partial charge in [0.1, 0.15) is 0 Å². The van der Waals surface area contributed by atoms with E-state index >= 15 is 0 Å². The first-order valence-electron chi connectivity index (χ1n) is 8.08. The third-order valence-electron chi connectivity index (χ3n) is 5.21. The van der Waals surface area contributed by atoms with Gasteiger partial charge in [-0.2, -0.15) is 0 Å². The van der Waals surface area contributed by atoms with Gasteiger partial charge in [-0.05, 0) is 45.6 Å². The molecule has 0 radical (unpaired) electrons. The van der Waals surface area contributed by atoms with Crippen molar-refractivity contribution in [2.45, 2.75) is 52.0 Å². The van der Waals surface area contributed by atoms with Crippen LogP contribution in [0, 0.1) is 18.8 Å². The molecule has 0 aromatic carbocycles. The molecule has 112 valence electrons. The molecule has 1 aliphatic heterocycles. The van der Waals surface area contributed by atoms with Crippen LogP contribution in [-0.4, -0.2) is 25.1 Å². The maximum Gasteiger partial charge on any atom is 0.185 e. The number of rotatable bonds is 3. The third kappa shape index (κ3) is 2.73. The highest BCUT2D eigenvalue weighted by atomic mass is 32.1. The molecular weight excluding hydrogens is 266 g/mol. The zero-order valence-electron chi connectivity index (χ0n) is 13.0. The summed E-state index contributed by atoms with van der Waals surface area (Å²) in [6, 6.07) is 0.411. The van der Waals surface area contributed by atoms with Crippen molar-refractivity contribution in [3.63, 3.8) is 0 Å². The van der Waals surface area contributed by atoms with Gasteiger partial charge < -0.3 is 10.2 Å². The van der Waals surface area contributed by atoms with Crippen LogP contribution in [0.5, 0.6) is 0 Å². The van der Waals surface area contributed by atoms with Crippen LogP contribution in [0.25, 0.3) is 0 Å². The Morgan fingerprint density at radius 1 is 1.25 bits per heavy atom. The third-order valence-corrected chi connectivity index (χ3v) is 6.61. The van der Waals surface area contributed by atoms with Gasteiger partial charge in [0.25, 0.3) is 0 Å². The molecule has 20 heavy (non-hydrogen) atoms. The molecule has 0 spiro atoms. The molecule has 1 aromatic rings. The van der Waals surface area contributed by atoms with E-state index < -0.39 is 0 Å². The number of fused-ring (bicyclic) bond motifs is 1. The van der Waals surface area contributed by atoms with Crippen LogP contribution in [-0.2, 0) is 0 Å². The maximum atomic E-state index is 4.85. The van der Waals surface area contributed by atoms with Crippen LogP contribution >= 0.6 is 11.3 Å². The van der Waals surface area contributed by atoms with Crippen molar-refractivity contribution in [2.24, 2.45) is 11.8 Å². The normalized spacial score (nSPS) is 28.2. The van der Waals surface area contributed by atoms with Gasteiger partial charge in [0, 0.05) is 24.0 Å². The number of nitrogens with zero attached hydrogens (tertiary/aromatic N) is 2. The van der Waals surface area contributed by atoms with E-state index in [1.54, 1.807) is 0 Å². The highest BCUT2D eigenvalue weighted by Gasteiger charge is 2.32. The zero-order chi connectivity index (χ0) is 14.1. The van der Waals surface area contributed by atoms with E-state index in [4.69, 9.17) is 4.98 Å². The molecule has 1 aromatic heterocycles. The summed E-state index contributed by atoms with van der Waals surface area (Å²) < 4.78 is 0.